The molecule has 0 amide bonds. The van der Waals surface area contributed by atoms with E-state index in [-0.39, 0.29) is 0 Å². The molecule has 2 heteroatoms. The van der Waals surface area contributed by atoms with Crippen LogP contribution in [0.2, 0.25) is 0 Å². The summed E-state index contributed by atoms with van der Waals surface area (Å²) in [6.07, 6.45) is 11.6. The molecule has 2 aliphatic carbocycles. The summed E-state index contributed by atoms with van der Waals surface area (Å²) in [5.41, 5.74) is 0.408. The van der Waals surface area contributed by atoms with Gasteiger partial charge in [-0.15, -0.1) is 0 Å². The quantitative estimate of drug-likeness (QED) is 0.822. The van der Waals surface area contributed by atoms with Crippen LogP contribution in [-0.4, -0.2) is 36.1 Å². The molecule has 4 atom stereocenters. The van der Waals surface area contributed by atoms with Crippen molar-refractivity contribution in [3.63, 3.8) is 0 Å². The number of rotatable bonds is 5. The van der Waals surface area contributed by atoms with E-state index in [1.807, 2.05) is 0 Å². The minimum Gasteiger partial charge on any atom is -0.308 e. The van der Waals surface area contributed by atoms with Gasteiger partial charge in [-0.05, 0) is 63.3 Å². The average molecular weight is 293 g/mol. The zero-order valence-corrected chi connectivity index (χ0v) is 14.5. The zero-order chi connectivity index (χ0) is 14.9. The molecule has 0 aromatic carbocycles. The van der Waals surface area contributed by atoms with Crippen molar-refractivity contribution in [1.82, 2.24) is 10.2 Å². The predicted octanol–water partition coefficient (Wildman–Crippen LogP) is 4.06. The molecule has 0 aromatic rings. The Bertz CT molecular complexity index is 338. The van der Waals surface area contributed by atoms with Crippen LogP contribution in [0.15, 0.2) is 0 Å². The molecule has 0 bridgehead atoms. The lowest BCUT2D eigenvalue weighted by Crippen LogP contribution is -2.64. The van der Waals surface area contributed by atoms with Crippen LogP contribution in [0.25, 0.3) is 0 Å². The summed E-state index contributed by atoms with van der Waals surface area (Å²) in [5.74, 6) is 2.94. The molecule has 122 valence electrons. The van der Waals surface area contributed by atoms with Crippen LogP contribution >= 0.6 is 0 Å². The van der Waals surface area contributed by atoms with Gasteiger partial charge in [0.25, 0.3) is 0 Å². The normalized spacial score (nSPS) is 42.1. The Kier molecular flexibility index (Phi) is 4.95. The second-order valence-corrected chi connectivity index (χ2v) is 8.53. The van der Waals surface area contributed by atoms with Crippen molar-refractivity contribution in [1.29, 1.82) is 0 Å². The lowest BCUT2D eigenvalue weighted by molar-refractivity contribution is 0.0647. The Labute approximate surface area is 132 Å². The summed E-state index contributed by atoms with van der Waals surface area (Å²) in [7, 11) is 0. The maximum atomic E-state index is 3.89. The van der Waals surface area contributed by atoms with E-state index in [1.165, 1.54) is 71.0 Å². The highest BCUT2D eigenvalue weighted by Gasteiger charge is 2.45. The SMILES string of the molecule is CCC1CNC(C)(C2CC2)CN1CCC1CCCC(C)C1. The van der Waals surface area contributed by atoms with Crippen molar-refractivity contribution in [2.24, 2.45) is 17.8 Å². The van der Waals surface area contributed by atoms with E-state index in [0.29, 0.717) is 5.54 Å². The predicted molar refractivity (Wildman–Crippen MR) is 90.5 cm³/mol. The van der Waals surface area contributed by atoms with Gasteiger partial charge in [-0.1, -0.05) is 33.1 Å². The minimum atomic E-state index is 0.408. The standard InChI is InChI=1S/C19H36N2/c1-4-18-13-20-19(3,17-8-9-17)14-21(18)11-10-16-7-5-6-15(2)12-16/h15-18,20H,4-14H2,1-3H3. The first-order chi connectivity index (χ1) is 10.1. The van der Waals surface area contributed by atoms with Crippen LogP contribution in [0.3, 0.4) is 0 Å². The van der Waals surface area contributed by atoms with E-state index < -0.39 is 0 Å². The van der Waals surface area contributed by atoms with E-state index in [4.69, 9.17) is 0 Å². The number of nitrogens with one attached hydrogen (secondary N) is 1. The van der Waals surface area contributed by atoms with Gasteiger partial charge in [0.15, 0.2) is 0 Å². The van der Waals surface area contributed by atoms with Crippen LogP contribution in [-0.2, 0) is 0 Å². The third-order valence-electron chi connectivity index (χ3n) is 6.61. The third kappa shape index (κ3) is 3.82. The summed E-state index contributed by atoms with van der Waals surface area (Å²) < 4.78 is 0. The highest BCUT2D eigenvalue weighted by atomic mass is 15.3. The Morgan fingerprint density at radius 1 is 1.19 bits per heavy atom. The lowest BCUT2D eigenvalue weighted by atomic mass is 9.80. The number of hydrogen-bond acceptors (Lipinski definition) is 2. The topological polar surface area (TPSA) is 15.3 Å². The fourth-order valence-corrected chi connectivity index (χ4v) is 4.92. The highest BCUT2D eigenvalue weighted by Crippen LogP contribution is 2.41. The van der Waals surface area contributed by atoms with Crippen molar-refractivity contribution in [3.05, 3.63) is 0 Å². The number of nitrogens with zero attached hydrogens (tertiary/aromatic N) is 1. The molecule has 4 unspecified atom stereocenters. The first kappa shape index (κ1) is 15.8. The van der Waals surface area contributed by atoms with Crippen molar-refractivity contribution in [3.8, 4) is 0 Å². The van der Waals surface area contributed by atoms with Crippen LogP contribution < -0.4 is 5.32 Å². The van der Waals surface area contributed by atoms with Gasteiger partial charge in [0.2, 0.25) is 0 Å². The molecule has 1 aliphatic heterocycles. The molecule has 2 saturated carbocycles. The maximum Gasteiger partial charge on any atom is 0.0309 e. The van der Waals surface area contributed by atoms with E-state index in [9.17, 15) is 0 Å². The monoisotopic (exact) mass is 292 g/mol. The molecule has 0 spiro atoms. The lowest BCUT2D eigenvalue weighted by Gasteiger charge is -2.47. The van der Waals surface area contributed by atoms with Gasteiger partial charge in [-0.3, -0.25) is 4.90 Å². The first-order valence-corrected chi connectivity index (χ1v) is 9.60. The molecule has 21 heavy (non-hydrogen) atoms. The van der Waals surface area contributed by atoms with Crippen LogP contribution in [0, 0.1) is 17.8 Å². The number of hydrogen-bond donors (Lipinski definition) is 1. The summed E-state index contributed by atoms with van der Waals surface area (Å²) in [5, 5.41) is 3.89. The van der Waals surface area contributed by atoms with Gasteiger partial charge in [-0.25, -0.2) is 0 Å². The maximum absolute atomic E-state index is 3.89. The largest absolute Gasteiger partial charge is 0.308 e. The van der Waals surface area contributed by atoms with Crippen LogP contribution in [0.1, 0.15) is 72.1 Å². The van der Waals surface area contributed by atoms with E-state index in [0.717, 1.165) is 23.8 Å². The molecular weight excluding hydrogens is 256 g/mol. The van der Waals surface area contributed by atoms with Gasteiger partial charge in [0.1, 0.15) is 0 Å². The van der Waals surface area contributed by atoms with Crippen molar-refractivity contribution < 1.29 is 0 Å². The van der Waals surface area contributed by atoms with Crippen LogP contribution in [0.4, 0.5) is 0 Å². The fourth-order valence-electron chi connectivity index (χ4n) is 4.92. The van der Waals surface area contributed by atoms with Gasteiger partial charge in [0.05, 0.1) is 0 Å². The molecule has 1 saturated heterocycles. The molecular formula is C19H36N2. The van der Waals surface area contributed by atoms with Crippen LogP contribution in [0.5, 0.6) is 0 Å². The Morgan fingerprint density at radius 2 is 2.00 bits per heavy atom. The smallest absolute Gasteiger partial charge is 0.0309 e. The van der Waals surface area contributed by atoms with E-state index >= 15 is 0 Å². The van der Waals surface area contributed by atoms with Gasteiger partial charge >= 0.3 is 0 Å². The Balaban J connectivity index is 1.53. The van der Waals surface area contributed by atoms with E-state index in [1.54, 1.807) is 0 Å². The summed E-state index contributed by atoms with van der Waals surface area (Å²) in [4.78, 5) is 2.84. The molecule has 1 heterocycles. The first-order valence-electron chi connectivity index (χ1n) is 9.60. The third-order valence-corrected chi connectivity index (χ3v) is 6.61. The van der Waals surface area contributed by atoms with Gasteiger partial charge in [-0.2, -0.15) is 0 Å². The highest BCUT2D eigenvalue weighted by molar-refractivity contribution is 5.04. The molecule has 2 nitrogen and oxygen atoms in total. The zero-order valence-electron chi connectivity index (χ0n) is 14.5. The number of piperazine rings is 1. The second kappa shape index (κ2) is 6.58. The molecule has 3 aliphatic rings. The molecule has 3 fully saturated rings. The average Bonchev–Trinajstić information content (AvgIpc) is 3.30. The van der Waals surface area contributed by atoms with Gasteiger partial charge in [0, 0.05) is 24.7 Å². The summed E-state index contributed by atoms with van der Waals surface area (Å²) in [6, 6.07) is 0.776. The second-order valence-electron chi connectivity index (χ2n) is 8.53. The molecule has 0 aromatic heterocycles. The van der Waals surface area contributed by atoms with E-state index in [2.05, 4.69) is 31.0 Å². The minimum absolute atomic E-state index is 0.408. The molecule has 0 radical (unpaired) electrons. The van der Waals surface area contributed by atoms with Gasteiger partial charge < -0.3 is 5.32 Å². The fraction of sp³-hybridized carbons (Fsp3) is 1.00. The van der Waals surface area contributed by atoms with Crippen molar-refractivity contribution >= 4 is 0 Å². The van der Waals surface area contributed by atoms with Crippen molar-refractivity contribution in [2.75, 3.05) is 19.6 Å². The Morgan fingerprint density at radius 3 is 2.67 bits per heavy atom. The molecule has 1 N–H and O–H groups in total. The van der Waals surface area contributed by atoms with Crippen molar-refractivity contribution in [2.45, 2.75) is 83.7 Å². The molecule has 3 rings (SSSR count). The Hall–Kier alpha value is -0.0800. The summed E-state index contributed by atoms with van der Waals surface area (Å²) >= 11 is 0. The summed E-state index contributed by atoms with van der Waals surface area (Å²) in [6.45, 7) is 11.1.